The van der Waals surface area contributed by atoms with Gasteiger partial charge in [-0.2, -0.15) is 0 Å². The number of piperidine rings is 1. The zero-order valence-electron chi connectivity index (χ0n) is 7.71. The largest absolute Gasteiger partial charge is 0.396 e. The first-order valence-corrected chi connectivity index (χ1v) is 4.75. The zero-order valence-corrected chi connectivity index (χ0v) is 7.71. The number of aliphatic hydroxyl groups is 2. The normalized spacial score (nSPS) is 36.8. The van der Waals surface area contributed by atoms with Gasteiger partial charge in [-0.3, -0.25) is 0 Å². The minimum atomic E-state index is -0.330. The Morgan fingerprint density at radius 2 is 2.33 bits per heavy atom. The predicted octanol–water partition coefficient (Wildman–Crippen LogP) is 0.119. The Bertz CT molecular complexity index is 136. The first-order chi connectivity index (χ1) is 5.75. The number of nitrogens with one attached hydrogen (secondary N) is 1. The molecule has 12 heavy (non-hydrogen) atoms. The minimum Gasteiger partial charge on any atom is -0.396 e. The van der Waals surface area contributed by atoms with Gasteiger partial charge in [-0.15, -0.1) is 0 Å². The molecule has 0 aromatic heterocycles. The van der Waals surface area contributed by atoms with E-state index in [1.807, 2.05) is 0 Å². The molecule has 2 atom stereocenters. The quantitative estimate of drug-likeness (QED) is 0.568. The third kappa shape index (κ3) is 1.79. The molecule has 1 saturated heterocycles. The second-order valence-electron chi connectivity index (χ2n) is 3.75. The molecule has 1 aliphatic heterocycles. The zero-order chi connectivity index (χ0) is 9.03. The third-order valence-corrected chi connectivity index (χ3v) is 2.84. The Kier molecular flexibility index (Phi) is 3.50. The van der Waals surface area contributed by atoms with Gasteiger partial charge in [0.05, 0.1) is 12.7 Å². The van der Waals surface area contributed by atoms with Crippen LogP contribution in [0.4, 0.5) is 0 Å². The Hall–Kier alpha value is -0.120. The molecule has 1 fully saturated rings. The maximum atomic E-state index is 9.75. The van der Waals surface area contributed by atoms with E-state index in [0.29, 0.717) is 0 Å². The summed E-state index contributed by atoms with van der Waals surface area (Å²) in [5.74, 6) is 0. The molecule has 1 rings (SSSR count). The maximum absolute atomic E-state index is 9.75. The first-order valence-electron chi connectivity index (χ1n) is 4.75. The maximum Gasteiger partial charge on any atom is 0.0642 e. The molecule has 3 N–H and O–H groups in total. The summed E-state index contributed by atoms with van der Waals surface area (Å²) in [6.45, 7) is 3.79. The molecule has 3 heteroatoms. The van der Waals surface area contributed by atoms with Crippen molar-refractivity contribution in [2.45, 2.75) is 32.3 Å². The Labute approximate surface area is 73.8 Å². The van der Waals surface area contributed by atoms with Crippen molar-refractivity contribution < 1.29 is 10.2 Å². The smallest absolute Gasteiger partial charge is 0.0642 e. The summed E-state index contributed by atoms with van der Waals surface area (Å²) in [4.78, 5) is 0. The standard InChI is InChI=1S/C9H19NO2/c1-2-4-9(7-11)6-10-5-3-8(9)12/h8,10-12H,2-7H2,1H3/t8-,9-/m1/s1. The summed E-state index contributed by atoms with van der Waals surface area (Å²) in [6.07, 6.45) is 2.35. The van der Waals surface area contributed by atoms with Crippen LogP contribution in [0, 0.1) is 5.41 Å². The lowest BCUT2D eigenvalue weighted by Gasteiger charge is -2.40. The van der Waals surface area contributed by atoms with E-state index >= 15 is 0 Å². The second-order valence-corrected chi connectivity index (χ2v) is 3.75. The Morgan fingerprint density at radius 1 is 1.58 bits per heavy atom. The lowest BCUT2D eigenvalue weighted by Crippen LogP contribution is -2.52. The van der Waals surface area contributed by atoms with Crippen LogP contribution in [-0.2, 0) is 0 Å². The number of rotatable bonds is 3. The topological polar surface area (TPSA) is 52.5 Å². The highest BCUT2D eigenvalue weighted by Crippen LogP contribution is 2.31. The molecule has 0 aliphatic carbocycles. The summed E-state index contributed by atoms with van der Waals surface area (Å²) >= 11 is 0. The van der Waals surface area contributed by atoms with Gasteiger partial charge in [-0.25, -0.2) is 0 Å². The van der Waals surface area contributed by atoms with Gasteiger partial charge >= 0.3 is 0 Å². The van der Waals surface area contributed by atoms with Crippen LogP contribution in [-0.4, -0.2) is 36.0 Å². The van der Waals surface area contributed by atoms with Crippen molar-refractivity contribution in [3.63, 3.8) is 0 Å². The minimum absolute atomic E-state index is 0.0923. The highest BCUT2D eigenvalue weighted by Gasteiger charge is 2.38. The van der Waals surface area contributed by atoms with E-state index in [-0.39, 0.29) is 18.1 Å². The monoisotopic (exact) mass is 173 g/mol. The van der Waals surface area contributed by atoms with E-state index < -0.39 is 0 Å². The highest BCUT2D eigenvalue weighted by molar-refractivity contribution is 4.91. The van der Waals surface area contributed by atoms with Crippen molar-refractivity contribution in [2.24, 2.45) is 5.41 Å². The molecule has 72 valence electrons. The SMILES string of the molecule is CCC[C@]1(CO)CNCC[C@H]1O. The summed E-state index contributed by atoms with van der Waals surface area (Å²) in [6, 6.07) is 0. The average Bonchev–Trinajstić information content (AvgIpc) is 2.10. The van der Waals surface area contributed by atoms with Crippen molar-refractivity contribution in [2.75, 3.05) is 19.7 Å². The number of hydrogen-bond acceptors (Lipinski definition) is 3. The second kappa shape index (κ2) is 4.21. The van der Waals surface area contributed by atoms with Crippen molar-refractivity contribution in [1.82, 2.24) is 5.32 Å². The molecule has 0 aromatic carbocycles. The molecular formula is C9H19NO2. The molecule has 0 spiro atoms. The van der Waals surface area contributed by atoms with Crippen LogP contribution in [0.1, 0.15) is 26.2 Å². The molecule has 0 radical (unpaired) electrons. The van der Waals surface area contributed by atoms with Crippen LogP contribution < -0.4 is 5.32 Å². The van der Waals surface area contributed by atoms with Crippen LogP contribution >= 0.6 is 0 Å². The lowest BCUT2D eigenvalue weighted by atomic mass is 9.75. The summed E-state index contributed by atoms with van der Waals surface area (Å²) in [5.41, 5.74) is -0.271. The van der Waals surface area contributed by atoms with Crippen molar-refractivity contribution >= 4 is 0 Å². The van der Waals surface area contributed by atoms with E-state index in [1.54, 1.807) is 0 Å². The summed E-state index contributed by atoms with van der Waals surface area (Å²) in [7, 11) is 0. The van der Waals surface area contributed by atoms with E-state index in [2.05, 4.69) is 12.2 Å². The molecule has 0 unspecified atom stereocenters. The van der Waals surface area contributed by atoms with Crippen LogP contribution in [0.25, 0.3) is 0 Å². The van der Waals surface area contributed by atoms with Gasteiger partial charge in [-0.1, -0.05) is 13.3 Å². The molecule has 0 aromatic rings. The number of hydrogen-bond donors (Lipinski definition) is 3. The fourth-order valence-electron chi connectivity index (χ4n) is 1.99. The number of aliphatic hydroxyl groups excluding tert-OH is 2. The molecule has 0 bridgehead atoms. The van der Waals surface area contributed by atoms with Gasteiger partial charge in [-0.05, 0) is 19.4 Å². The van der Waals surface area contributed by atoms with Crippen molar-refractivity contribution in [1.29, 1.82) is 0 Å². The van der Waals surface area contributed by atoms with Crippen molar-refractivity contribution in [3.8, 4) is 0 Å². The van der Waals surface area contributed by atoms with Gasteiger partial charge in [0.25, 0.3) is 0 Å². The van der Waals surface area contributed by atoms with Gasteiger partial charge < -0.3 is 15.5 Å². The molecule has 1 heterocycles. The van der Waals surface area contributed by atoms with E-state index in [0.717, 1.165) is 32.4 Å². The highest BCUT2D eigenvalue weighted by atomic mass is 16.3. The van der Waals surface area contributed by atoms with E-state index in [4.69, 9.17) is 0 Å². The summed E-state index contributed by atoms with van der Waals surface area (Å²) in [5, 5.41) is 22.2. The Balaban J connectivity index is 2.60. The van der Waals surface area contributed by atoms with Gasteiger partial charge in [0.15, 0.2) is 0 Å². The fraction of sp³-hybridized carbons (Fsp3) is 1.00. The molecular weight excluding hydrogens is 154 g/mol. The Morgan fingerprint density at radius 3 is 2.83 bits per heavy atom. The predicted molar refractivity (Wildman–Crippen MR) is 47.9 cm³/mol. The van der Waals surface area contributed by atoms with Crippen LogP contribution in [0.5, 0.6) is 0 Å². The first kappa shape index (κ1) is 9.96. The van der Waals surface area contributed by atoms with Gasteiger partial charge in [0, 0.05) is 12.0 Å². The molecule has 3 nitrogen and oxygen atoms in total. The fourth-order valence-corrected chi connectivity index (χ4v) is 1.99. The van der Waals surface area contributed by atoms with Crippen molar-refractivity contribution in [3.05, 3.63) is 0 Å². The van der Waals surface area contributed by atoms with E-state index in [1.165, 1.54) is 0 Å². The lowest BCUT2D eigenvalue weighted by molar-refractivity contribution is -0.0429. The van der Waals surface area contributed by atoms with E-state index in [9.17, 15) is 10.2 Å². The molecule has 1 aliphatic rings. The van der Waals surface area contributed by atoms with Gasteiger partial charge in [0.1, 0.15) is 0 Å². The summed E-state index contributed by atoms with van der Waals surface area (Å²) < 4.78 is 0. The third-order valence-electron chi connectivity index (χ3n) is 2.84. The molecule has 0 saturated carbocycles. The van der Waals surface area contributed by atoms with Crippen LogP contribution in [0.3, 0.4) is 0 Å². The van der Waals surface area contributed by atoms with Gasteiger partial charge in [0.2, 0.25) is 0 Å². The van der Waals surface area contributed by atoms with Crippen LogP contribution in [0.15, 0.2) is 0 Å². The molecule has 0 amide bonds. The average molecular weight is 173 g/mol. The van der Waals surface area contributed by atoms with Crippen LogP contribution in [0.2, 0.25) is 0 Å².